The Hall–Kier alpha value is -7.39. The number of thiazole rings is 1. The molecule has 0 amide bonds. The summed E-state index contributed by atoms with van der Waals surface area (Å²) in [5.41, 5.74) is -25.6. The third-order valence-corrected chi connectivity index (χ3v) is 13.1. The molecule has 0 saturated heterocycles. The molecule has 0 fully saturated rings. The summed E-state index contributed by atoms with van der Waals surface area (Å²) in [6.07, 6.45) is -54.8. The summed E-state index contributed by atoms with van der Waals surface area (Å²) in [7, 11) is 0. The zero-order valence-corrected chi connectivity index (χ0v) is 39.9. The number of para-hydroxylation sites is 2. The lowest BCUT2D eigenvalue weighted by Crippen LogP contribution is -2.75. The van der Waals surface area contributed by atoms with E-state index in [-0.39, 0.29) is 0 Å². The third kappa shape index (κ3) is 13.4. The van der Waals surface area contributed by atoms with Gasteiger partial charge in [0, 0.05) is 5.56 Å². The molecule has 0 unspecified atom stereocenters. The van der Waals surface area contributed by atoms with E-state index in [0.717, 1.165) is 23.6 Å². The van der Waals surface area contributed by atoms with Gasteiger partial charge in [-0.25, -0.2) is 0 Å². The Morgan fingerprint density at radius 2 is 0.625 bits per heavy atom. The average Bonchev–Trinajstić information content (AvgIpc) is 3.76. The number of nitrogens with zero attached hydrogens (tertiary/aromatic N) is 1. The van der Waals surface area contributed by atoms with Crippen LogP contribution in [0.1, 0.15) is 50.1 Å². The first-order valence-electron chi connectivity index (χ1n) is 22.2. The van der Waals surface area contributed by atoms with Gasteiger partial charge in [0.15, 0.2) is 12.3 Å². The van der Waals surface area contributed by atoms with Gasteiger partial charge in [-0.05, 0) is 48.5 Å². The van der Waals surface area contributed by atoms with Gasteiger partial charge >= 0.3 is 49.4 Å². The predicted molar refractivity (Wildman–Crippen MR) is 244 cm³/mol. The Balaban J connectivity index is 0.000000329. The molecular formula is C52H28BF24NOS. The molecule has 424 valence electrons. The topological polar surface area (TPSA) is 13.1 Å². The summed E-state index contributed by atoms with van der Waals surface area (Å²) in [5.74, 6) is 1.75. The van der Waals surface area contributed by atoms with Gasteiger partial charge in [-0.1, -0.05) is 114 Å². The zero-order valence-electron chi connectivity index (χ0n) is 39.1. The fourth-order valence-corrected chi connectivity index (χ4v) is 9.63. The van der Waals surface area contributed by atoms with Crippen molar-refractivity contribution in [2.24, 2.45) is 0 Å². The van der Waals surface area contributed by atoms with Crippen molar-refractivity contribution in [2.45, 2.75) is 56.0 Å². The molecule has 0 N–H and O–H groups in total. The number of ether oxygens (including phenoxy) is 1. The predicted octanol–water partition coefficient (Wildman–Crippen LogP) is 16.2. The van der Waals surface area contributed by atoms with Crippen molar-refractivity contribution in [1.29, 1.82) is 0 Å². The maximum absolute atomic E-state index is 14.2. The van der Waals surface area contributed by atoms with Crippen molar-refractivity contribution in [3.63, 3.8) is 0 Å². The molecule has 1 heterocycles. The molecule has 7 aromatic carbocycles. The van der Waals surface area contributed by atoms with Crippen LogP contribution in [-0.4, -0.2) is 6.15 Å². The van der Waals surface area contributed by atoms with Gasteiger partial charge < -0.3 is 4.74 Å². The van der Waals surface area contributed by atoms with Gasteiger partial charge in [-0.3, -0.25) is 0 Å². The van der Waals surface area contributed by atoms with Crippen LogP contribution in [0.3, 0.4) is 0 Å². The van der Waals surface area contributed by atoms with Gasteiger partial charge in [0.1, 0.15) is 16.6 Å². The molecular weight excluding hydrogens is 1150 g/mol. The summed E-state index contributed by atoms with van der Waals surface area (Å²) in [4.78, 5) is 0. The average molecular weight is 1180 g/mol. The van der Waals surface area contributed by atoms with E-state index in [1.807, 2.05) is 48.5 Å². The minimum Gasteiger partial charge on any atom is -0.450 e. The summed E-state index contributed by atoms with van der Waals surface area (Å²) in [5, 5.41) is 0. The van der Waals surface area contributed by atoms with Crippen molar-refractivity contribution in [3.8, 4) is 11.5 Å². The van der Waals surface area contributed by atoms with Crippen LogP contribution < -0.4 is 31.2 Å². The number of halogens is 24. The van der Waals surface area contributed by atoms with Crippen LogP contribution >= 0.6 is 11.3 Å². The van der Waals surface area contributed by atoms with Gasteiger partial charge in [0.2, 0.25) is 5.51 Å². The van der Waals surface area contributed by atoms with Crippen molar-refractivity contribution < 1.29 is 115 Å². The van der Waals surface area contributed by atoms with E-state index in [9.17, 15) is 105 Å². The Kier molecular flexibility index (Phi) is 16.0. The molecule has 8 rings (SSSR count). The fraction of sp³-hybridized carbons (Fsp3) is 0.173. The monoisotopic (exact) mass is 1180 g/mol. The van der Waals surface area contributed by atoms with Crippen LogP contribution in [0.5, 0.6) is 11.5 Å². The molecule has 0 aliphatic heterocycles. The number of alkyl halides is 24. The van der Waals surface area contributed by atoms with Gasteiger partial charge in [0.05, 0.1) is 44.5 Å². The van der Waals surface area contributed by atoms with Crippen LogP contribution in [0.2, 0.25) is 0 Å². The number of hydrogen-bond acceptors (Lipinski definition) is 2. The number of aromatic nitrogens is 1. The van der Waals surface area contributed by atoms with E-state index >= 15 is 0 Å². The van der Waals surface area contributed by atoms with E-state index in [2.05, 4.69) is 40.4 Å². The van der Waals surface area contributed by atoms with Crippen LogP contribution in [-0.2, 0) is 56.0 Å². The first-order chi connectivity index (χ1) is 36.7. The molecule has 0 atom stereocenters. The van der Waals surface area contributed by atoms with Crippen molar-refractivity contribution >= 4 is 49.6 Å². The highest BCUT2D eigenvalue weighted by molar-refractivity contribution is 7.20. The Labute approximate surface area is 438 Å². The quantitative estimate of drug-likeness (QED) is 0.0840. The Morgan fingerprint density at radius 1 is 0.338 bits per heavy atom. The fourth-order valence-electron chi connectivity index (χ4n) is 8.72. The van der Waals surface area contributed by atoms with Crippen LogP contribution in [0, 0.1) is 0 Å². The van der Waals surface area contributed by atoms with Crippen LogP contribution in [0.25, 0.3) is 10.2 Å². The SMILES string of the molecule is FC(F)(F)c1cc([B-](c2cc(C(F)(F)F)cc(C(F)(F)F)c2)(c2cc(C(F)(F)F)cc(C(F)(F)F)c2)c2cc(C(F)(F)F)cc(C(F)(F)F)c2)cc(C(F)(F)F)c1.c1ccc(C[n+]2csc3cccc(Oc4ccccc4)c32)cc1. The molecule has 1 aromatic heterocycles. The molecule has 0 aliphatic rings. The lowest BCUT2D eigenvalue weighted by Gasteiger charge is -2.46. The molecule has 28 heteroatoms. The molecule has 0 saturated carbocycles. The highest BCUT2D eigenvalue weighted by Gasteiger charge is 2.47. The Bertz CT molecular complexity index is 3060. The van der Waals surface area contributed by atoms with E-state index < -0.39 is 195 Å². The van der Waals surface area contributed by atoms with Crippen molar-refractivity contribution in [1.82, 2.24) is 0 Å². The summed E-state index contributed by atoms with van der Waals surface area (Å²) in [6, 6.07) is 17.8. The van der Waals surface area contributed by atoms with E-state index in [0.29, 0.717) is 0 Å². The van der Waals surface area contributed by atoms with Crippen molar-refractivity contribution in [2.75, 3.05) is 0 Å². The zero-order chi connectivity index (χ0) is 59.4. The molecule has 0 radical (unpaired) electrons. The minimum absolute atomic E-state index is 0.691. The second-order valence-corrected chi connectivity index (χ2v) is 18.5. The van der Waals surface area contributed by atoms with Gasteiger partial charge in [-0.15, -0.1) is 0 Å². The molecule has 8 aromatic rings. The summed E-state index contributed by atoms with van der Waals surface area (Å²) in [6.45, 7) is 0.843. The minimum atomic E-state index is -6.13. The second-order valence-electron chi connectivity index (χ2n) is 17.6. The highest BCUT2D eigenvalue weighted by atomic mass is 32.1. The number of benzene rings is 7. The van der Waals surface area contributed by atoms with Crippen LogP contribution in [0.4, 0.5) is 105 Å². The second kappa shape index (κ2) is 21.3. The third-order valence-electron chi connectivity index (χ3n) is 12.2. The first-order valence-corrected chi connectivity index (χ1v) is 23.1. The van der Waals surface area contributed by atoms with Crippen molar-refractivity contribution in [3.05, 3.63) is 207 Å². The number of hydrogen-bond donors (Lipinski definition) is 0. The van der Waals surface area contributed by atoms with Gasteiger partial charge in [0.25, 0.3) is 5.52 Å². The first kappa shape index (κ1) is 60.3. The summed E-state index contributed by atoms with van der Waals surface area (Å²) < 4.78 is 350. The Morgan fingerprint density at radius 3 is 0.912 bits per heavy atom. The number of fused-ring (bicyclic) bond motifs is 1. The largest absolute Gasteiger partial charge is 0.450 e. The molecule has 0 aliphatic carbocycles. The molecule has 80 heavy (non-hydrogen) atoms. The summed E-state index contributed by atoms with van der Waals surface area (Å²) >= 11 is 1.74. The molecule has 2 nitrogen and oxygen atoms in total. The van der Waals surface area contributed by atoms with Gasteiger partial charge in [-0.2, -0.15) is 132 Å². The standard InChI is InChI=1S/C32H12BF24.C20H16NOS/c34-25(35,36)13-1-14(26(37,38)39)6-21(5-13)33(22-7-15(27(40,41)42)2-16(8-22)28(43,44)45,23-9-17(29(46,47)48)3-18(10-23)30(49,50)51)24-11-19(31(52,53)54)4-20(12-24)32(55,56)57;1-3-8-16(9-4-1)14-21-15-23-19-13-7-12-18(20(19)21)22-17-10-5-2-6-11-17/h1-12H;1-13,15H,14H2/q-1;+1. The maximum atomic E-state index is 14.2. The van der Waals surface area contributed by atoms with Crippen LogP contribution in [0.15, 0.2) is 157 Å². The normalized spacial score (nSPS) is 13.3. The van der Waals surface area contributed by atoms with E-state index in [4.69, 9.17) is 4.74 Å². The molecule has 0 spiro atoms. The number of rotatable bonds is 8. The van der Waals surface area contributed by atoms with E-state index in [1.165, 1.54) is 10.3 Å². The maximum Gasteiger partial charge on any atom is 0.416 e. The van der Waals surface area contributed by atoms with E-state index in [1.54, 1.807) is 11.3 Å². The lowest BCUT2D eigenvalue weighted by molar-refractivity contribution is -0.658. The molecule has 0 bridgehead atoms. The smallest absolute Gasteiger partial charge is 0.416 e. The lowest BCUT2D eigenvalue weighted by atomic mass is 9.12. The highest BCUT2D eigenvalue weighted by Crippen LogP contribution is 2.42.